The van der Waals surface area contributed by atoms with Crippen molar-refractivity contribution in [2.24, 2.45) is 0 Å². The second kappa shape index (κ2) is 13.5. The Morgan fingerprint density at radius 3 is 1.29 bits per heavy atom. The number of ether oxygens (including phenoxy) is 2. The smallest absolute Gasteiger partial charge is 0.331 e. The van der Waals surface area contributed by atoms with E-state index in [1.807, 2.05) is 0 Å². The summed E-state index contributed by atoms with van der Waals surface area (Å²) in [6.45, 7) is 10.3. The summed E-state index contributed by atoms with van der Waals surface area (Å²) in [6.07, 6.45) is 2.22. The van der Waals surface area contributed by atoms with Crippen molar-refractivity contribution in [3.05, 3.63) is 78.6 Å². The Labute approximate surface area is 240 Å². The van der Waals surface area contributed by atoms with Crippen molar-refractivity contribution in [3.8, 4) is 0 Å². The number of thioether (sulfide) groups is 2. The van der Waals surface area contributed by atoms with E-state index in [0.29, 0.717) is 29.0 Å². The van der Waals surface area contributed by atoms with Crippen molar-refractivity contribution < 1.29 is 23.9 Å². The number of benzene rings is 2. The van der Waals surface area contributed by atoms with Gasteiger partial charge in [-0.2, -0.15) is 0 Å². The Kier molecular flexibility index (Phi) is 11.6. The number of halogens is 4. The van der Waals surface area contributed by atoms with Gasteiger partial charge in [0.2, 0.25) is 0 Å². The first-order valence-electron chi connectivity index (χ1n) is 9.49. The predicted molar refractivity (Wildman–Crippen MR) is 150 cm³/mol. The molecule has 0 aliphatic rings. The predicted octanol–water partition coefficient (Wildman–Crippen LogP) is 8.30. The Morgan fingerprint density at radius 2 is 1.03 bits per heavy atom. The van der Waals surface area contributed by atoms with Gasteiger partial charge in [-0.3, -0.25) is 4.79 Å². The molecule has 11 heteroatoms. The molecule has 180 valence electrons. The minimum atomic E-state index is -0.509. The van der Waals surface area contributed by atoms with Gasteiger partial charge in [0, 0.05) is 51.0 Å². The number of hydrogen-bond acceptors (Lipinski definition) is 7. The fraction of sp³-hybridized carbons (Fsp3) is 0.174. The first-order chi connectivity index (χ1) is 16.0. The normalized spacial score (nSPS) is 12.4. The largest absolute Gasteiger partial charge is 0.448 e. The quantitative estimate of drug-likeness (QED) is 0.0795. The summed E-state index contributed by atoms with van der Waals surface area (Å²) in [5.41, 5.74) is 0.0205. The zero-order chi connectivity index (χ0) is 25.6. The summed E-state index contributed by atoms with van der Waals surface area (Å²) < 4.78 is 13.1. The molecule has 0 saturated heterocycles. The molecule has 0 heterocycles. The first-order valence-corrected chi connectivity index (χ1v) is 14.4. The highest BCUT2D eigenvalue weighted by atomic mass is 79.9. The van der Waals surface area contributed by atoms with Crippen LogP contribution in [0.15, 0.2) is 77.3 Å². The molecular weight excluding hydrogens is 740 g/mol. The van der Waals surface area contributed by atoms with E-state index in [2.05, 4.69) is 76.9 Å². The van der Waals surface area contributed by atoms with Gasteiger partial charge in [-0.05, 0) is 102 Å². The van der Waals surface area contributed by atoms with Crippen LogP contribution in [0.5, 0.6) is 0 Å². The molecule has 0 fully saturated rings. The maximum absolute atomic E-state index is 13.2. The molecule has 5 nitrogen and oxygen atoms in total. The van der Waals surface area contributed by atoms with Crippen LogP contribution in [0.2, 0.25) is 0 Å². The maximum atomic E-state index is 13.2. The lowest BCUT2D eigenvalue weighted by Crippen LogP contribution is -2.09. The van der Waals surface area contributed by atoms with Gasteiger partial charge in [-0.1, -0.05) is 36.7 Å². The van der Waals surface area contributed by atoms with Crippen LogP contribution in [-0.4, -0.2) is 28.6 Å². The third-order valence-corrected chi connectivity index (χ3v) is 9.74. The summed E-state index contributed by atoms with van der Waals surface area (Å²) in [5.74, 6) is -1.21. The molecule has 0 aromatic heterocycles. The van der Waals surface area contributed by atoms with E-state index >= 15 is 0 Å². The van der Waals surface area contributed by atoms with Crippen molar-refractivity contribution in [2.75, 3.05) is 0 Å². The lowest BCUT2D eigenvalue weighted by molar-refractivity contribution is -0.139. The average Bonchev–Trinajstić information content (AvgIpc) is 2.77. The Balaban J connectivity index is 2.26. The zero-order valence-corrected chi connectivity index (χ0v) is 25.9. The van der Waals surface area contributed by atoms with Crippen LogP contribution in [0.25, 0.3) is 0 Å². The number of esters is 2. The number of ketones is 1. The van der Waals surface area contributed by atoms with E-state index in [-0.39, 0.29) is 5.78 Å². The molecule has 0 aliphatic heterocycles. The lowest BCUT2D eigenvalue weighted by atomic mass is 10.0. The van der Waals surface area contributed by atoms with Gasteiger partial charge in [-0.15, -0.1) is 0 Å². The number of rotatable bonds is 10. The maximum Gasteiger partial charge on any atom is 0.331 e. The van der Waals surface area contributed by atoms with Crippen molar-refractivity contribution in [1.82, 2.24) is 0 Å². The van der Waals surface area contributed by atoms with Crippen LogP contribution in [0.1, 0.15) is 29.8 Å². The molecule has 0 aliphatic carbocycles. The van der Waals surface area contributed by atoms with E-state index in [1.165, 1.54) is 23.5 Å². The van der Waals surface area contributed by atoms with Crippen molar-refractivity contribution >= 4 is 105 Å². The second-order valence-electron chi connectivity index (χ2n) is 6.52. The highest BCUT2D eigenvalue weighted by Crippen LogP contribution is 2.41. The van der Waals surface area contributed by atoms with Gasteiger partial charge < -0.3 is 9.47 Å². The molecule has 2 atom stereocenters. The SMILES string of the molecule is C=CC(=O)OC(C)Sc1c(Br)cc(C(=O)c2cc(Br)c(SC(C)OC(=O)C=C)c(Br)c2)cc1Br. The molecule has 0 bridgehead atoms. The Morgan fingerprint density at radius 1 is 0.735 bits per heavy atom. The van der Waals surface area contributed by atoms with Crippen molar-refractivity contribution in [2.45, 2.75) is 34.5 Å². The molecule has 34 heavy (non-hydrogen) atoms. The molecule has 2 aromatic carbocycles. The molecular formula is C23H18Br4O5S2. The number of hydrogen-bond donors (Lipinski definition) is 0. The zero-order valence-electron chi connectivity index (χ0n) is 17.9. The average molecular weight is 758 g/mol. The number of carbonyl (C=O) groups is 3. The highest BCUT2D eigenvalue weighted by Gasteiger charge is 2.20. The molecule has 0 radical (unpaired) electrons. The molecule has 0 N–H and O–H groups in total. The van der Waals surface area contributed by atoms with Crippen LogP contribution >= 0.6 is 87.2 Å². The molecule has 2 aromatic rings. The van der Waals surface area contributed by atoms with Crippen LogP contribution in [0, 0.1) is 0 Å². The number of carbonyl (C=O) groups excluding carboxylic acids is 3. The van der Waals surface area contributed by atoms with Gasteiger partial charge in [0.1, 0.15) is 10.9 Å². The minimum absolute atomic E-state index is 0.187. The topological polar surface area (TPSA) is 69.7 Å². The third kappa shape index (κ3) is 8.09. The third-order valence-electron chi connectivity index (χ3n) is 3.99. The van der Waals surface area contributed by atoms with Crippen LogP contribution in [0.3, 0.4) is 0 Å². The fourth-order valence-corrected chi connectivity index (χ4v) is 7.71. The Hall–Kier alpha value is -0.850. The van der Waals surface area contributed by atoms with Crippen LogP contribution < -0.4 is 0 Å². The Bertz CT molecular complexity index is 1020. The van der Waals surface area contributed by atoms with Crippen molar-refractivity contribution in [1.29, 1.82) is 0 Å². The summed E-state index contributed by atoms with van der Waals surface area (Å²) in [7, 11) is 0. The first kappa shape index (κ1) is 29.4. The lowest BCUT2D eigenvalue weighted by Gasteiger charge is -2.16. The molecule has 0 spiro atoms. The molecule has 2 rings (SSSR count). The highest BCUT2D eigenvalue weighted by molar-refractivity contribution is 9.11. The molecule has 0 saturated carbocycles. The molecule has 0 amide bonds. The minimum Gasteiger partial charge on any atom is -0.448 e. The second-order valence-corrected chi connectivity index (χ2v) is 12.6. The van der Waals surface area contributed by atoms with Gasteiger partial charge in [0.05, 0.1) is 0 Å². The monoisotopic (exact) mass is 754 g/mol. The van der Waals surface area contributed by atoms with Crippen LogP contribution in [0.4, 0.5) is 0 Å². The molecule has 2 unspecified atom stereocenters. The standard InChI is InChI=1S/C23H18Br4O5S2/c1-5-19(28)31-11(3)33-22-15(24)7-13(8-16(22)25)21(30)14-9-17(26)23(18(27)10-14)34-12(4)32-20(29)6-2/h5-12H,1-2H2,3-4H3. The van der Waals surface area contributed by atoms with Crippen LogP contribution in [-0.2, 0) is 19.1 Å². The van der Waals surface area contributed by atoms with E-state index in [0.717, 1.165) is 21.9 Å². The van der Waals surface area contributed by atoms with Gasteiger partial charge >= 0.3 is 11.9 Å². The fourth-order valence-electron chi connectivity index (χ4n) is 2.58. The van der Waals surface area contributed by atoms with Gasteiger partial charge in [-0.25, -0.2) is 9.59 Å². The van der Waals surface area contributed by atoms with E-state index in [9.17, 15) is 14.4 Å². The van der Waals surface area contributed by atoms with Gasteiger partial charge in [0.25, 0.3) is 0 Å². The summed E-state index contributed by atoms with van der Waals surface area (Å²) in [5, 5.41) is 0. The van der Waals surface area contributed by atoms with E-state index < -0.39 is 22.8 Å². The van der Waals surface area contributed by atoms with Gasteiger partial charge in [0.15, 0.2) is 5.78 Å². The summed E-state index contributed by atoms with van der Waals surface area (Å²) >= 11 is 16.7. The van der Waals surface area contributed by atoms with Crippen molar-refractivity contribution in [3.63, 3.8) is 0 Å². The van der Waals surface area contributed by atoms with E-state index in [4.69, 9.17) is 9.47 Å². The summed E-state index contributed by atoms with van der Waals surface area (Å²) in [4.78, 5) is 37.7. The summed E-state index contributed by atoms with van der Waals surface area (Å²) in [6, 6.07) is 6.88. The van der Waals surface area contributed by atoms with E-state index in [1.54, 1.807) is 38.1 Å².